The first-order valence-electron chi connectivity index (χ1n) is 6.21. The van der Waals surface area contributed by atoms with Crippen LogP contribution in [0.25, 0.3) is 0 Å². The molecule has 1 aromatic rings. The highest BCUT2D eigenvalue weighted by Gasteiger charge is 2.33. The molecule has 1 aliphatic carbocycles. The molecule has 5 heteroatoms. The van der Waals surface area contributed by atoms with Gasteiger partial charge in [-0.05, 0) is 25.0 Å². The molecule has 3 nitrogen and oxygen atoms in total. The first-order chi connectivity index (χ1) is 8.66. The van der Waals surface area contributed by atoms with Gasteiger partial charge in [0, 0.05) is 6.04 Å². The van der Waals surface area contributed by atoms with Gasteiger partial charge in [0.05, 0.1) is 12.2 Å². The lowest BCUT2D eigenvalue weighted by molar-refractivity contribution is -0.115. The molecular formula is C13H14F2N2O. The van der Waals surface area contributed by atoms with Crippen molar-refractivity contribution in [2.24, 2.45) is 0 Å². The highest BCUT2D eigenvalue weighted by molar-refractivity contribution is 6.01. The molecule has 1 fully saturated rings. The van der Waals surface area contributed by atoms with Crippen molar-refractivity contribution in [1.29, 1.82) is 0 Å². The predicted octanol–water partition coefficient (Wildman–Crippen LogP) is 2.67. The largest absolute Gasteiger partial charge is 0.355 e. The van der Waals surface area contributed by atoms with Gasteiger partial charge in [-0.3, -0.25) is 4.79 Å². The fraction of sp³-hybridized carbons (Fsp3) is 0.462. The van der Waals surface area contributed by atoms with E-state index >= 15 is 0 Å². The Bertz CT molecular complexity index is 498. The number of hydrogen-bond donors (Lipinski definition) is 1. The van der Waals surface area contributed by atoms with Crippen LogP contribution in [-0.4, -0.2) is 18.5 Å². The molecule has 0 bridgehead atoms. The molecule has 1 N–H and O–H groups in total. The van der Waals surface area contributed by atoms with Crippen molar-refractivity contribution in [2.45, 2.75) is 31.7 Å². The van der Waals surface area contributed by atoms with Crippen LogP contribution in [-0.2, 0) is 4.79 Å². The molecule has 1 amide bonds. The number of nitrogens with one attached hydrogen (secondary N) is 1. The van der Waals surface area contributed by atoms with Gasteiger partial charge >= 0.3 is 0 Å². The molecule has 1 saturated carbocycles. The highest BCUT2D eigenvalue weighted by atomic mass is 19.2. The lowest BCUT2D eigenvalue weighted by atomic mass is 10.1. The molecule has 96 valence electrons. The van der Waals surface area contributed by atoms with E-state index in [1.807, 2.05) is 0 Å². The van der Waals surface area contributed by atoms with E-state index in [1.54, 1.807) is 4.90 Å². The summed E-state index contributed by atoms with van der Waals surface area (Å²) in [7, 11) is 0. The van der Waals surface area contributed by atoms with Gasteiger partial charge in [-0.15, -0.1) is 0 Å². The van der Waals surface area contributed by atoms with Crippen molar-refractivity contribution < 1.29 is 13.6 Å². The Kier molecular flexibility index (Phi) is 2.69. The molecule has 0 saturated heterocycles. The number of nitrogens with zero attached hydrogens (tertiary/aromatic N) is 1. The Labute approximate surface area is 104 Å². The van der Waals surface area contributed by atoms with Crippen LogP contribution in [0.3, 0.4) is 0 Å². The fourth-order valence-corrected chi connectivity index (χ4v) is 2.87. The topological polar surface area (TPSA) is 32.3 Å². The van der Waals surface area contributed by atoms with E-state index in [0.717, 1.165) is 31.7 Å². The minimum atomic E-state index is -0.868. The van der Waals surface area contributed by atoms with Gasteiger partial charge in [0.15, 0.2) is 11.6 Å². The molecular weight excluding hydrogens is 238 g/mol. The summed E-state index contributed by atoms with van der Waals surface area (Å²) in [6, 6.07) is 2.62. The first kappa shape index (κ1) is 11.4. The zero-order valence-corrected chi connectivity index (χ0v) is 9.88. The normalized spacial score (nSPS) is 19.9. The third-order valence-electron chi connectivity index (χ3n) is 3.71. The Morgan fingerprint density at radius 3 is 2.67 bits per heavy atom. The lowest BCUT2D eigenvalue weighted by Gasteiger charge is -2.35. The summed E-state index contributed by atoms with van der Waals surface area (Å²) in [5.41, 5.74) is 0.582. The molecule has 3 rings (SSSR count). The second-order valence-electron chi connectivity index (χ2n) is 4.87. The SMILES string of the molecule is O=C1CN(C2CCCC2)c2c(ccc(F)c2F)N1. The average molecular weight is 252 g/mol. The molecule has 18 heavy (non-hydrogen) atoms. The maximum atomic E-state index is 13.9. The lowest BCUT2D eigenvalue weighted by Crippen LogP contribution is -2.44. The number of rotatable bonds is 1. The van der Waals surface area contributed by atoms with Crippen molar-refractivity contribution >= 4 is 17.3 Å². The van der Waals surface area contributed by atoms with Crippen LogP contribution in [0.1, 0.15) is 25.7 Å². The molecule has 2 aliphatic rings. The monoisotopic (exact) mass is 252 g/mol. The van der Waals surface area contributed by atoms with Gasteiger partial charge in [-0.1, -0.05) is 12.8 Å². The number of anilines is 2. The molecule has 0 aromatic heterocycles. The fourth-order valence-electron chi connectivity index (χ4n) is 2.87. The van der Waals surface area contributed by atoms with Gasteiger partial charge in [0.25, 0.3) is 0 Å². The Balaban J connectivity index is 2.07. The van der Waals surface area contributed by atoms with Gasteiger partial charge in [0.2, 0.25) is 5.91 Å². The molecule has 1 aliphatic heterocycles. The van der Waals surface area contributed by atoms with Crippen molar-refractivity contribution in [3.05, 3.63) is 23.8 Å². The number of hydrogen-bond acceptors (Lipinski definition) is 2. The van der Waals surface area contributed by atoms with Crippen LogP contribution >= 0.6 is 0 Å². The van der Waals surface area contributed by atoms with E-state index < -0.39 is 11.6 Å². The Morgan fingerprint density at radius 1 is 1.22 bits per heavy atom. The molecule has 0 unspecified atom stereocenters. The number of benzene rings is 1. The van der Waals surface area contributed by atoms with Gasteiger partial charge in [-0.2, -0.15) is 0 Å². The minimum absolute atomic E-state index is 0.109. The van der Waals surface area contributed by atoms with Crippen LogP contribution in [0.5, 0.6) is 0 Å². The van der Waals surface area contributed by atoms with Crippen LogP contribution < -0.4 is 10.2 Å². The average Bonchev–Trinajstić information content (AvgIpc) is 2.86. The molecule has 1 heterocycles. The van der Waals surface area contributed by atoms with Crippen molar-refractivity contribution in [1.82, 2.24) is 0 Å². The first-order valence-corrected chi connectivity index (χ1v) is 6.21. The van der Waals surface area contributed by atoms with E-state index in [2.05, 4.69) is 5.32 Å². The number of fused-ring (bicyclic) bond motifs is 1. The quantitative estimate of drug-likeness (QED) is 0.833. The van der Waals surface area contributed by atoms with E-state index in [0.29, 0.717) is 5.69 Å². The minimum Gasteiger partial charge on any atom is -0.355 e. The summed E-state index contributed by atoms with van der Waals surface area (Å²) in [6.07, 6.45) is 4.02. The highest BCUT2D eigenvalue weighted by Crippen LogP contribution is 2.38. The van der Waals surface area contributed by atoms with E-state index in [9.17, 15) is 13.6 Å². The van der Waals surface area contributed by atoms with Crippen LogP contribution in [0.15, 0.2) is 12.1 Å². The zero-order chi connectivity index (χ0) is 12.7. The van der Waals surface area contributed by atoms with Gasteiger partial charge in [0.1, 0.15) is 5.69 Å². The van der Waals surface area contributed by atoms with Crippen LogP contribution in [0.4, 0.5) is 20.2 Å². The van der Waals surface area contributed by atoms with E-state index in [1.165, 1.54) is 6.07 Å². The second kappa shape index (κ2) is 4.23. The zero-order valence-electron chi connectivity index (χ0n) is 9.88. The second-order valence-corrected chi connectivity index (χ2v) is 4.87. The summed E-state index contributed by atoms with van der Waals surface area (Å²) >= 11 is 0. The molecule has 1 aromatic carbocycles. The van der Waals surface area contributed by atoms with Crippen LogP contribution in [0.2, 0.25) is 0 Å². The Morgan fingerprint density at radius 2 is 1.94 bits per heavy atom. The smallest absolute Gasteiger partial charge is 0.243 e. The molecule has 0 spiro atoms. The van der Waals surface area contributed by atoms with Crippen LogP contribution in [0, 0.1) is 11.6 Å². The molecule has 0 atom stereocenters. The van der Waals surface area contributed by atoms with Gasteiger partial charge in [-0.25, -0.2) is 8.78 Å². The third-order valence-corrected chi connectivity index (χ3v) is 3.71. The summed E-state index contributed by atoms with van der Waals surface area (Å²) in [4.78, 5) is 13.3. The standard InChI is InChI=1S/C13H14F2N2O/c14-9-5-6-10-13(12(9)15)17(7-11(18)16-10)8-3-1-2-4-8/h5-6,8H,1-4,7H2,(H,16,18). The van der Waals surface area contributed by atoms with Crippen molar-refractivity contribution in [3.63, 3.8) is 0 Å². The number of carbonyl (C=O) groups excluding carboxylic acids is 1. The maximum absolute atomic E-state index is 13.9. The van der Waals surface area contributed by atoms with Gasteiger partial charge < -0.3 is 10.2 Å². The predicted molar refractivity (Wildman–Crippen MR) is 64.6 cm³/mol. The third kappa shape index (κ3) is 1.74. The number of amides is 1. The summed E-state index contributed by atoms with van der Waals surface area (Å²) in [6.45, 7) is 0.109. The summed E-state index contributed by atoms with van der Waals surface area (Å²) in [5, 5.41) is 2.59. The van der Waals surface area contributed by atoms with E-state index in [4.69, 9.17) is 0 Å². The summed E-state index contributed by atoms with van der Waals surface area (Å²) in [5.74, 6) is -1.90. The van der Waals surface area contributed by atoms with Crippen molar-refractivity contribution in [3.8, 4) is 0 Å². The maximum Gasteiger partial charge on any atom is 0.243 e. The summed E-state index contributed by atoms with van der Waals surface area (Å²) < 4.78 is 27.3. The Hall–Kier alpha value is -1.65. The van der Waals surface area contributed by atoms with Crippen molar-refractivity contribution in [2.75, 3.05) is 16.8 Å². The number of carbonyl (C=O) groups is 1. The molecule has 0 radical (unpaired) electrons. The number of halogens is 2. The van der Waals surface area contributed by atoms with E-state index in [-0.39, 0.29) is 24.2 Å².